The molecule has 10 heteroatoms. The second-order valence-electron chi connectivity index (χ2n) is 6.78. The van der Waals surface area contributed by atoms with E-state index in [9.17, 15) is 22.8 Å². The average Bonchev–Trinajstić information content (AvgIpc) is 2.96. The molecule has 0 aliphatic carbocycles. The van der Waals surface area contributed by atoms with Gasteiger partial charge >= 0.3 is 6.03 Å². The van der Waals surface area contributed by atoms with Crippen molar-refractivity contribution >= 4 is 27.9 Å². The van der Waals surface area contributed by atoms with E-state index in [1.807, 2.05) is 0 Å². The van der Waals surface area contributed by atoms with Gasteiger partial charge in [0.15, 0.2) is 0 Å². The van der Waals surface area contributed by atoms with Crippen molar-refractivity contribution in [3.8, 4) is 0 Å². The van der Waals surface area contributed by atoms with Crippen LogP contribution in [0.3, 0.4) is 0 Å². The zero-order chi connectivity index (χ0) is 21.7. The first-order valence-electron chi connectivity index (χ1n) is 9.36. The summed E-state index contributed by atoms with van der Waals surface area (Å²) in [6.07, 6.45) is 0.960. The Morgan fingerprint density at radius 3 is 2.03 bits per heavy atom. The third kappa shape index (κ3) is 5.02. The molecule has 0 radical (unpaired) electrons. The van der Waals surface area contributed by atoms with Crippen molar-refractivity contribution in [2.75, 3.05) is 19.6 Å². The molecule has 1 heterocycles. The summed E-state index contributed by atoms with van der Waals surface area (Å²) in [5, 5.41) is 10.4. The molecule has 0 saturated carbocycles. The van der Waals surface area contributed by atoms with Gasteiger partial charge in [-0.25, -0.2) is 18.4 Å². The van der Waals surface area contributed by atoms with Crippen molar-refractivity contribution in [1.29, 1.82) is 0 Å². The maximum atomic E-state index is 12.3. The topological polar surface area (TPSA) is 139 Å². The SMILES string of the molecule is NS(=O)(=O)c1ccc(CCNC(=O)NCCCN2C(=O)c3ccccc3C2=O)cc1. The Kier molecular flexibility index (Phi) is 6.48. The standard InChI is InChI=1S/C20H22N4O5S/c21-30(28,29)15-8-6-14(7-9-15)10-12-23-20(27)22-11-3-13-24-18(25)16-4-1-2-5-17(16)19(24)26/h1-2,4-9H,3,10-13H2,(H2,21,28,29)(H2,22,23,27). The fourth-order valence-corrected chi connectivity index (χ4v) is 3.63. The van der Waals surface area contributed by atoms with E-state index in [1.54, 1.807) is 36.4 Å². The minimum atomic E-state index is -3.72. The van der Waals surface area contributed by atoms with Gasteiger partial charge in [0.25, 0.3) is 11.8 Å². The highest BCUT2D eigenvalue weighted by Gasteiger charge is 2.34. The number of carbonyl (C=O) groups is 3. The quantitative estimate of drug-likeness (QED) is 0.421. The largest absolute Gasteiger partial charge is 0.338 e. The number of amides is 4. The lowest BCUT2D eigenvalue weighted by molar-refractivity contribution is 0.0653. The van der Waals surface area contributed by atoms with Gasteiger partial charge in [0.05, 0.1) is 16.0 Å². The zero-order valence-corrected chi connectivity index (χ0v) is 16.9. The number of urea groups is 1. The third-order valence-corrected chi connectivity index (χ3v) is 5.60. The van der Waals surface area contributed by atoms with Gasteiger partial charge in [0, 0.05) is 19.6 Å². The summed E-state index contributed by atoms with van der Waals surface area (Å²) in [7, 11) is -3.72. The van der Waals surface area contributed by atoms with Crippen molar-refractivity contribution < 1.29 is 22.8 Å². The Bertz CT molecular complexity index is 1030. The highest BCUT2D eigenvalue weighted by molar-refractivity contribution is 7.89. The number of benzene rings is 2. The Labute approximate surface area is 174 Å². The van der Waals surface area contributed by atoms with Crippen LogP contribution >= 0.6 is 0 Å². The number of rotatable bonds is 8. The lowest BCUT2D eigenvalue weighted by Crippen LogP contribution is -2.38. The Morgan fingerprint density at radius 2 is 1.47 bits per heavy atom. The van der Waals surface area contributed by atoms with E-state index in [0.717, 1.165) is 5.56 Å². The van der Waals surface area contributed by atoms with Crippen molar-refractivity contribution in [3.63, 3.8) is 0 Å². The molecule has 2 aromatic rings. The average molecular weight is 430 g/mol. The molecule has 1 aliphatic heterocycles. The Balaban J connectivity index is 1.35. The van der Waals surface area contributed by atoms with Crippen LogP contribution in [0.1, 0.15) is 32.7 Å². The number of hydrogen-bond acceptors (Lipinski definition) is 5. The number of nitrogens with one attached hydrogen (secondary N) is 2. The molecule has 0 saturated heterocycles. The Morgan fingerprint density at radius 1 is 0.900 bits per heavy atom. The normalized spacial score (nSPS) is 13.3. The minimum Gasteiger partial charge on any atom is -0.338 e. The van der Waals surface area contributed by atoms with Crippen molar-refractivity contribution in [2.24, 2.45) is 5.14 Å². The zero-order valence-electron chi connectivity index (χ0n) is 16.1. The molecule has 4 N–H and O–H groups in total. The maximum Gasteiger partial charge on any atom is 0.314 e. The minimum absolute atomic E-state index is 0.0371. The first-order valence-corrected chi connectivity index (χ1v) is 10.9. The first-order chi connectivity index (χ1) is 14.3. The molecule has 0 fully saturated rings. The molecule has 0 aromatic heterocycles. The van der Waals surface area contributed by atoms with Crippen molar-refractivity contribution in [1.82, 2.24) is 15.5 Å². The van der Waals surface area contributed by atoms with Gasteiger partial charge in [-0.15, -0.1) is 0 Å². The van der Waals surface area contributed by atoms with Crippen LogP contribution in [0.25, 0.3) is 0 Å². The smallest absolute Gasteiger partial charge is 0.314 e. The van der Waals surface area contributed by atoms with Gasteiger partial charge in [0.2, 0.25) is 10.0 Å². The van der Waals surface area contributed by atoms with Crippen LogP contribution < -0.4 is 15.8 Å². The van der Waals surface area contributed by atoms with E-state index in [2.05, 4.69) is 10.6 Å². The van der Waals surface area contributed by atoms with E-state index in [4.69, 9.17) is 5.14 Å². The van der Waals surface area contributed by atoms with Crippen LogP contribution in [0, 0.1) is 0 Å². The van der Waals surface area contributed by atoms with Crippen molar-refractivity contribution in [2.45, 2.75) is 17.7 Å². The maximum absolute atomic E-state index is 12.3. The number of primary sulfonamides is 1. The number of sulfonamides is 1. The van der Waals surface area contributed by atoms with E-state index < -0.39 is 10.0 Å². The number of carbonyl (C=O) groups excluding carboxylic acids is 3. The summed E-state index contributed by atoms with van der Waals surface area (Å²) in [6, 6.07) is 12.4. The van der Waals surface area contributed by atoms with Crippen LogP contribution in [-0.4, -0.2) is 50.8 Å². The van der Waals surface area contributed by atoms with Gasteiger partial charge in [-0.2, -0.15) is 0 Å². The monoisotopic (exact) mass is 430 g/mol. The molecule has 9 nitrogen and oxygen atoms in total. The summed E-state index contributed by atoms with van der Waals surface area (Å²) < 4.78 is 22.4. The van der Waals surface area contributed by atoms with Crippen LogP contribution in [0.5, 0.6) is 0 Å². The van der Waals surface area contributed by atoms with Gasteiger partial charge in [-0.3, -0.25) is 14.5 Å². The fraction of sp³-hybridized carbons (Fsp3) is 0.250. The highest BCUT2D eigenvalue weighted by Crippen LogP contribution is 2.22. The van der Waals surface area contributed by atoms with E-state index in [1.165, 1.54) is 17.0 Å². The van der Waals surface area contributed by atoms with E-state index in [-0.39, 0.29) is 29.3 Å². The number of nitrogens with zero attached hydrogens (tertiary/aromatic N) is 1. The number of nitrogens with two attached hydrogens (primary N) is 1. The summed E-state index contributed by atoms with van der Waals surface area (Å²) in [5.41, 5.74) is 1.67. The lowest BCUT2D eigenvalue weighted by atomic mass is 10.1. The lowest BCUT2D eigenvalue weighted by Gasteiger charge is -2.14. The molecule has 0 bridgehead atoms. The molecule has 0 atom stereocenters. The number of fused-ring (bicyclic) bond motifs is 1. The van der Waals surface area contributed by atoms with Gasteiger partial charge in [0.1, 0.15) is 0 Å². The van der Waals surface area contributed by atoms with Crippen LogP contribution in [-0.2, 0) is 16.4 Å². The molecule has 3 rings (SSSR count). The molecule has 0 spiro atoms. The molecule has 2 aromatic carbocycles. The van der Waals surface area contributed by atoms with E-state index >= 15 is 0 Å². The second kappa shape index (κ2) is 9.06. The fourth-order valence-electron chi connectivity index (χ4n) is 3.11. The van der Waals surface area contributed by atoms with Crippen LogP contribution in [0.4, 0.5) is 4.79 Å². The van der Waals surface area contributed by atoms with Crippen LogP contribution in [0.15, 0.2) is 53.4 Å². The predicted octanol–water partition coefficient (Wildman–Crippen LogP) is 0.862. The number of imide groups is 1. The molecule has 0 unspecified atom stereocenters. The molecule has 1 aliphatic rings. The van der Waals surface area contributed by atoms with Gasteiger partial charge < -0.3 is 10.6 Å². The summed E-state index contributed by atoms with van der Waals surface area (Å²) in [4.78, 5) is 37.6. The second-order valence-corrected chi connectivity index (χ2v) is 8.34. The molecule has 4 amide bonds. The first kappa shape index (κ1) is 21.5. The van der Waals surface area contributed by atoms with Crippen molar-refractivity contribution in [3.05, 3.63) is 65.2 Å². The molecular formula is C20H22N4O5S. The van der Waals surface area contributed by atoms with E-state index in [0.29, 0.717) is 37.1 Å². The number of hydrogen-bond donors (Lipinski definition) is 3. The molecular weight excluding hydrogens is 408 g/mol. The molecule has 30 heavy (non-hydrogen) atoms. The van der Waals surface area contributed by atoms with Gasteiger partial charge in [-0.1, -0.05) is 24.3 Å². The molecule has 158 valence electrons. The highest BCUT2D eigenvalue weighted by atomic mass is 32.2. The van der Waals surface area contributed by atoms with Crippen LogP contribution in [0.2, 0.25) is 0 Å². The summed E-state index contributed by atoms with van der Waals surface area (Å²) in [5.74, 6) is -0.623. The predicted molar refractivity (Wildman–Crippen MR) is 109 cm³/mol. The third-order valence-electron chi connectivity index (χ3n) is 4.67. The van der Waals surface area contributed by atoms with Gasteiger partial charge in [-0.05, 0) is 42.7 Å². The Hall–Kier alpha value is -3.24. The summed E-state index contributed by atoms with van der Waals surface area (Å²) in [6.45, 7) is 0.893. The summed E-state index contributed by atoms with van der Waals surface area (Å²) >= 11 is 0.